The van der Waals surface area contributed by atoms with E-state index in [1.54, 1.807) is 0 Å². The van der Waals surface area contributed by atoms with Crippen molar-refractivity contribution in [1.82, 2.24) is 0 Å². The Bertz CT molecular complexity index is 6890. The predicted molar refractivity (Wildman–Crippen MR) is 496 cm³/mol. The van der Waals surface area contributed by atoms with E-state index in [0.29, 0.717) is 0 Å². The molecule has 24 rings (SSSR count). The number of benzene rings is 18. The van der Waals surface area contributed by atoms with Gasteiger partial charge in [-0.15, -0.1) is 0 Å². The van der Waals surface area contributed by atoms with Crippen LogP contribution in [-0.2, 0) is 0 Å². The molecule has 0 fully saturated rings. The zero-order valence-corrected chi connectivity index (χ0v) is 66.3. The van der Waals surface area contributed by atoms with Crippen molar-refractivity contribution in [1.29, 1.82) is 0 Å². The first-order valence-electron chi connectivity index (χ1n) is 41.2. The van der Waals surface area contributed by atoms with Crippen LogP contribution in [0, 0.1) is 20.8 Å². The van der Waals surface area contributed by atoms with Crippen molar-refractivity contribution in [2.45, 2.75) is 20.8 Å². The molecule has 6 nitrogen and oxygen atoms in total. The SMILES string of the molecule is Cc1ccccc1-c1ccc2c(c1)B1c3cccc(-c4ccccc4)c3Oc3ccc(-c4ccccc4)c(c31)O2.Cc1ccccc1-c1ccc2c3c1Oc1ccc(-c4ccccc4)cc1B3c1cccc(-c3ccccc3)c1O2.Cc1ccccc1-c1cccc2c1Oc1ccc(-c3ccccc3)c3c1B2c1cc(-c2ccccc2)ccc1O3. The number of ether oxygens (including phenoxy) is 6. The van der Waals surface area contributed by atoms with Crippen LogP contribution in [0.3, 0.4) is 0 Å². The predicted octanol–water partition coefficient (Wildman–Crippen LogP) is 23.2. The maximum atomic E-state index is 6.81. The topological polar surface area (TPSA) is 55.4 Å². The molecule has 0 saturated carbocycles. The summed E-state index contributed by atoms with van der Waals surface area (Å²) in [6, 6.07) is 141. The number of hydrogen-bond donors (Lipinski definition) is 0. The van der Waals surface area contributed by atoms with Crippen molar-refractivity contribution >= 4 is 69.3 Å². The molecule has 0 radical (unpaired) electrons. The Balaban J connectivity index is 0.000000108. The van der Waals surface area contributed by atoms with Crippen LogP contribution in [0.4, 0.5) is 0 Å². The third-order valence-electron chi connectivity index (χ3n) is 24.5. The highest BCUT2D eigenvalue weighted by Gasteiger charge is 2.46. The minimum absolute atomic E-state index is 0.0196. The van der Waals surface area contributed by atoms with Gasteiger partial charge >= 0.3 is 0 Å². The molecule has 0 saturated heterocycles. The van der Waals surface area contributed by atoms with Crippen molar-refractivity contribution in [3.8, 4) is 169 Å². The Labute approximate surface area is 700 Å². The first kappa shape index (κ1) is 71.5. The van der Waals surface area contributed by atoms with Gasteiger partial charge in [0.2, 0.25) is 0 Å². The summed E-state index contributed by atoms with van der Waals surface area (Å²) >= 11 is 0. The fourth-order valence-corrected chi connectivity index (χ4v) is 18.8. The average molecular weight is 1540 g/mol. The van der Waals surface area contributed by atoms with Crippen LogP contribution >= 0.6 is 0 Å². The van der Waals surface area contributed by atoms with Crippen LogP contribution in [-0.4, -0.2) is 20.1 Å². The molecule has 0 N–H and O–H groups in total. The molecule has 6 aliphatic heterocycles. The monoisotopic (exact) mass is 1540 g/mol. The van der Waals surface area contributed by atoms with Gasteiger partial charge in [0.1, 0.15) is 69.0 Å². The summed E-state index contributed by atoms with van der Waals surface area (Å²) in [6.07, 6.45) is 0. The largest absolute Gasteiger partial charge is 0.458 e. The van der Waals surface area contributed by atoms with Crippen LogP contribution in [0.5, 0.6) is 69.0 Å². The van der Waals surface area contributed by atoms with Crippen LogP contribution < -0.4 is 77.6 Å². The lowest BCUT2D eigenvalue weighted by molar-refractivity contribution is 0.466. The van der Waals surface area contributed by atoms with E-state index in [0.717, 1.165) is 174 Å². The maximum absolute atomic E-state index is 6.81. The van der Waals surface area contributed by atoms with Gasteiger partial charge < -0.3 is 28.4 Å². The molecule has 0 spiro atoms. The fourth-order valence-electron chi connectivity index (χ4n) is 18.8. The summed E-state index contributed by atoms with van der Waals surface area (Å²) in [6.45, 7) is 6.42. The van der Waals surface area contributed by atoms with Crippen LogP contribution in [0.1, 0.15) is 16.7 Å². The highest BCUT2D eigenvalue weighted by Crippen LogP contribution is 2.49. The van der Waals surface area contributed by atoms with E-state index >= 15 is 0 Å². The molecule has 0 aromatic heterocycles. The molecule has 9 heteroatoms. The van der Waals surface area contributed by atoms with Crippen molar-refractivity contribution in [3.63, 3.8) is 0 Å². The third-order valence-corrected chi connectivity index (χ3v) is 24.5. The summed E-state index contributed by atoms with van der Waals surface area (Å²) in [5, 5.41) is 0. The molecule has 6 aliphatic rings. The van der Waals surface area contributed by atoms with Crippen molar-refractivity contribution in [2.75, 3.05) is 0 Å². The van der Waals surface area contributed by atoms with Gasteiger partial charge in [0.15, 0.2) is 0 Å². The second-order valence-corrected chi connectivity index (χ2v) is 31.5. The molecule has 564 valence electrons. The van der Waals surface area contributed by atoms with Crippen molar-refractivity contribution < 1.29 is 28.4 Å². The second kappa shape index (κ2) is 29.9. The van der Waals surface area contributed by atoms with Gasteiger partial charge in [0.25, 0.3) is 20.1 Å². The number of hydrogen-bond acceptors (Lipinski definition) is 6. The van der Waals surface area contributed by atoms with Gasteiger partial charge in [-0.3, -0.25) is 0 Å². The number of rotatable bonds is 9. The molecule has 0 amide bonds. The Morgan fingerprint density at radius 1 is 0.150 bits per heavy atom. The lowest BCUT2D eigenvalue weighted by Crippen LogP contribution is -2.57. The van der Waals surface area contributed by atoms with Crippen LogP contribution in [0.25, 0.3) is 100 Å². The lowest BCUT2D eigenvalue weighted by atomic mass is 9.34. The van der Waals surface area contributed by atoms with Gasteiger partial charge in [-0.2, -0.15) is 0 Å². The number of para-hydroxylation sites is 3. The molecule has 6 heterocycles. The highest BCUT2D eigenvalue weighted by atomic mass is 16.5. The molecule has 0 unspecified atom stereocenters. The number of fused-ring (bicyclic) bond motifs is 12. The zero-order valence-electron chi connectivity index (χ0n) is 66.3. The molecule has 18 aromatic carbocycles. The van der Waals surface area contributed by atoms with Crippen molar-refractivity contribution in [2.24, 2.45) is 0 Å². The molecule has 0 atom stereocenters. The van der Waals surface area contributed by atoms with Gasteiger partial charge in [-0.25, -0.2) is 0 Å². The first-order valence-corrected chi connectivity index (χ1v) is 41.2. The Morgan fingerprint density at radius 2 is 0.392 bits per heavy atom. The molecule has 18 aromatic rings. The van der Waals surface area contributed by atoms with E-state index in [2.05, 4.69) is 397 Å². The van der Waals surface area contributed by atoms with E-state index in [4.69, 9.17) is 28.4 Å². The molecule has 120 heavy (non-hydrogen) atoms. The first-order chi connectivity index (χ1) is 59.3. The zero-order chi connectivity index (χ0) is 79.9. The summed E-state index contributed by atoms with van der Waals surface area (Å²) in [7, 11) is 0. The summed E-state index contributed by atoms with van der Waals surface area (Å²) in [5.41, 5.74) is 34.5. The Morgan fingerprint density at radius 3 is 0.750 bits per heavy atom. The Hall–Kier alpha value is -15.0. The van der Waals surface area contributed by atoms with Crippen molar-refractivity contribution in [3.05, 3.63) is 417 Å². The summed E-state index contributed by atoms with van der Waals surface area (Å²) in [5.74, 6) is 10.6. The van der Waals surface area contributed by atoms with Gasteiger partial charge in [0.05, 0.1) is 0 Å². The van der Waals surface area contributed by atoms with Crippen LogP contribution in [0.15, 0.2) is 400 Å². The van der Waals surface area contributed by atoms with E-state index in [1.165, 1.54) is 61.2 Å². The lowest BCUT2D eigenvalue weighted by Gasteiger charge is -2.35. The molecular weight excluding hydrogens is 1460 g/mol. The molecule has 0 bridgehead atoms. The minimum Gasteiger partial charge on any atom is -0.458 e. The van der Waals surface area contributed by atoms with Gasteiger partial charge in [-0.05, 0) is 192 Å². The van der Waals surface area contributed by atoms with E-state index in [9.17, 15) is 0 Å². The number of aryl methyl sites for hydroxylation is 3. The van der Waals surface area contributed by atoms with E-state index in [1.807, 2.05) is 24.3 Å². The maximum Gasteiger partial charge on any atom is 0.260 e. The smallest absolute Gasteiger partial charge is 0.260 e. The van der Waals surface area contributed by atoms with Gasteiger partial charge in [-0.1, -0.05) is 346 Å². The minimum atomic E-state index is -0.0196. The summed E-state index contributed by atoms with van der Waals surface area (Å²) in [4.78, 5) is 0. The van der Waals surface area contributed by atoms with E-state index in [-0.39, 0.29) is 20.1 Å². The summed E-state index contributed by atoms with van der Waals surface area (Å²) < 4.78 is 40.7. The average Bonchev–Trinajstić information content (AvgIpc) is 0.720. The fraction of sp³-hybridized carbons (Fsp3) is 0.0270. The Kier molecular flexibility index (Phi) is 17.8. The standard InChI is InChI=1S/3C37H25BO2/c1-24-11-8-9-16-28(24)27-19-21-33-32(23-27)38-31-18-10-17-29(25-12-4-2-5-13-25)36(31)40-34-22-20-30(37(39-33)35(34)38)26-14-6-3-7-15-26;1-24-11-8-9-16-28(24)30-17-10-18-31-36(30)40-34-22-20-29(26-14-6-3-7-15-26)37-35(34)38(31)32-23-27(19-21-33(32)39-37)25-12-4-2-5-13-25;1-24-11-8-9-16-28(24)30-20-22-34-35-37(30)39-33-21-19-27(25-12-4-2-5-13-25)23-32(33)38(35)31-18-10-17-29(36(31)40-34)26-14-6-3-7-15-26/h3*2-23H,1H3. The molecular formula is C111H75B3O6. The van der Waals surface area contributed by atoms with E-state index < -0.39 is 0 Å². The van der Waals surface area contributed by atoms with Gasteiger partial charge in [0, 0.05) is 49.8 Å². The third kappa shape index (κ3) is 12.4. The normalized spacial score (nSPS) is 12.5. The quantitative estimate of drug-likeness (QED) is 0.134. The molecule has 0 aliphatic carbocycles. The highest BCUT2D eigenvalue weighted by molar-refractivity contribution is 7.00. The second-order valence-electron chi connectivity index (χ2n) is 31.5. The van der Waals surface area contributed by atoms with Crippen LogP contribution in [0.2, 0.25) is 0 Å².